The Morgan fingerprint density at radius 2 is 2.06 bits per heavy atom. The molecule has 1 aliphatic rings. The molecule has 1 amide bonds. The molecule has 4 heterocycles. The molecule has 0 unspecified atom stereocenters. The van der Waals surface area contributed by atoms with Crippen LogP contribution in [0.4, 0.5) is 20.2 Å². The van der Waals surface area contributed by atoms with Gasteiger partial charge in [0.25, 0.3) is 11.7 Å². The molecular formula is C20H17F2N7O2. The summed E-state index contributed by atoms with van der Waals surface area (Å²) in [6.45, 7) is 3.91. The predicted molar refractivity (Wildman–Crippen MR) is 107 cm³/mol. The number of hydrogen-bond acceptors (Lipinski definition) is 7. The number of halogens is 2. The third-order valence-corrected chi connectivity index (χ3v) is 4.96. The molecule has 0 saturated carbocycles. The first-order chi connectivity index (χ1) is 14.9. The van der Waals surface area contributed by atoms with Crippen molar-refractivity contribution in [3.8, 4) is 11.4 Å². The Labute approximate surface area is 174 Å². The molecule has 3 aromatic heterocycles. The first-order valence-corrected chi connectivity index (χ1v) is 9.54. The van der Waals surface area contributed by atoms with Crippen LogP contribution in [0.15, 0.2) is 35.0 Å². The van der Waals surface area contributed by atoms with Crippen LogP contribution in [0.2, 0.25) is 0 Å². The Morgan fingerprint density at radius 3 is 2.77 bits per heavy atom. The van der Waals surface area contributed by atoms with E-state index >= 15 is 0 Å². The molecule has 31 heavy (non-hydrogen) atoms. The first-order valence-electron chi connectivity index (χ1n) is 9.54. The molecule has 1 aliphatic heterocycles. The smallest absolute Gasteiger partial charge is 0.293 e. The minimum Gasteiger partial charge on any atom is -0.436 e. The number of nitrogens with zero attached hydrogens (tertiary/aromatic N) is 6. The van der Waals surface area contributed by atoms with Crippen molar-refractivity contribution in [2.45, 2.75) is 20.0 Å². The summed E-state index contributed by atoms with van der Waals surface area (Å²) < 4.78 is 34.4. The van der Waals surface area contributed by atoms with Gasteiger partial charge in [0.2, 0.25) is 5.76 Å². The number of anilines is 2. The van der Waals surface area contributed by atoms with Gasteiger partial charge in [-0.2, -0.15) is 4.98 Å². The van der Waals surface area contributed by atoms with E-state index in [1.165, 1.54) is 22.7 Å². The fraction of sp³-hybridized carbons (Fsp3) is 0.250. The largest absolute Gasteiger partial charge is 0.436 e. The van der Waals surface area contributed by atoms with Crippen LogP contribution in [0.25, 0.3) is 17.2 Å². The average Bonchev–Trinajstić information content (AvgIpc) is 3.28. The van der Waals surface area contributed by atoms with Crippen molar-refractivity contribution in [2.75, 3.05) is 23.3 Å². The molecule has 1 fully saturated rings. The van der Waals surface area contributed by atoms with Crippen LogP contribution in [0, 0.1) is 19.7 Å². The number of rotatable bonds is 4. The fourth-order valence-electron chi connectivity index (χ4n) is 3.39. The lowest BCUT2D eigenvalue weighted by Gasteiger charge is -2.35. The van der Waals surface area contributed by atoms with Crippen LogP contribution < -0.4 is 10.2 Å². The van der Waals surface area contributed by atoms with Crippen molar-refractivity contribution < 1.29 is 18.0 Å². The highest BCUT2D eigenvalue weighted by molar-refractivity contribution is 6.03. The number of hydrogen-bond donors (Lipinski definition) is 1. The standard InChI is InChI=1S/C20H17F2N7O2/c1-10-17(31-11(2)24-10)19(30)25-13-3-4-16(22)15(5-13)18-26-20-23-6-14(9-29(20)27-18)28-7-12(21)8-28/h3-6,9,12H,7-8H2,1-2H3,(H,25,30). The minimum absolute atomic E-state index is 0.0903. The zero-order valence-corrected chi connectivity index (χ0v) is 16.6. The molecule has 0 aliphatic carbocycles. The van der Waals surface area contributed by atoms with Crippen LogP contribution >= 0.6 is 0 Å². The Kier molecular flexibility index (Phi) is 4.38. The molecule has 11 heteroatoms. The van der Waals surface area contributed by atoms with Gasteiger partial charge in [-0.1, -0.05) is 0 Å². The number of oxazole rings is 1. The lowest BCUT2D eigenvalue weighted by atomic mass is 10.1. The number of fused-ring (bicyclic) bond motifs is 1. The van der Waals surface area contributed by atoms with E-state index in [0.717, 1.165) is 0 Å². The second-order valence-corrected chi connectivity index (χ2v) is 7.29. The first kappa shape index (κ1) is 19.1. The number of amides is 1. The fourth-order valence-corrected chi connectivity index (χ4v) is 3.39. The van der Waals surface area contributed by atoms with Crippen molar-refractivity contribution >= 4 is 23.1 Å². The molecule has 0 atom stereocenters. The lowest BCUT2D eigenvalue weighted by molar-refractivity contribution is 0.0994. The zero-order valence-electron chi connectivity index (χ0n) is 16.6. The molecule has 158 valence electrons. The van der Waals surface area contributed by atoms with Gasteiger partial charge in [0.1, 0.15) is 12.0 Å². The van der Waals surface area contributed by atoms with Crippen molar-refractivity contribution in [3.05, 3.63) is 53.8 Å². The maximum absolute atomic E-state index is 14.5. The van der Waals surface area contributed by atoms with E-state index in [0.29, 0.717) is 36.0 Å². The summed E-state index contributed by atoms with van der Waals surface area (Å²) in [4.78, 5) is 26.8. The van der Waals surface area contributed by atoms with Crippen molar-refractivity contribution in [3.63, 3.8) is 0 Å². The molecule has 1 N–H and O–H groups in total. The molecule has 1 saturated heterocycles. The quantitative estimate of drug-likeness (QED) is 0.536. The topological polar surface area (TPSA) is 101 Å². The van der Waals surface area contributed by atoms with Crippen molar-refractivity contribution in [1.29, 1.82) is 0 Å². The summed E-state index contributed by atoms with van der Waals surface area (Å²) in [5.74, 6) is -0.194. The lowest BCUT2D eigenvalue weighted by Crippen LogP contribution is -2.48. The highest BCUT2D eigenvalue weighted by Crippen LogP contribution is 2.26. The summed E-state index contributed by atoms with van der Waals surface area (Å²) >= 11 is 0. The van der Waals surface area contributed by atoms with E-state index in [-0.39, 0.29) is 22.9 Å². The monoisotopic (exact) mass is 425 g/mol. The van der Waals surface area contributed by atoms with Gasteiger partial charge in [-0.25, -0.2) is 23.3 Å². The van der Waals surface area contributed by atoms with Gasteiger partial charge in [0.05, 0.1) is 42.4 Å². The van der Waals surface area contributed by atoms with E-state index in [1.54, 1.807) is 26.2 Å². The number of benzene rings is 1. The van der Waals surface area contributed by atoms with Crippen molar-refractivity contribution in [2.24, 2.45) is 0 Å². The predicted octanol–water partition coefficient (Wildman–Crippen LogP) is 2.95. The number of alkyl halides is 1. The number of carbonyl (C=O) groups excluding carboxylic acids is 1. The summed E-state index contributed by atoms with van der Waals surface area (Å²) in [7, 11) is 0. The average molecular weight is 425 g/mol. The maximum atomic E-state index is 14.5. The Bertz CT molecular complexity index is 1310. The molecule has 0 spiro atoms. The van der Waals surface area contributed by atoms with Gasteiger partial charge >= 0.3 is 0 Å². The van der Waals surface area contributed by atoms with Crippen LogP contribution in [0.1, 0.15) is 22.1 Å². The number of aryl methyl sites for hydroxylation is 2. The molecule has 1 aromatic carbocycles. The van der Waals surface area contributed by atoms with Gasteiger partial charge in [-0.15, -0.1) is 5.10 Å². The summed E-state index contributed by atoms with van der Waals surface area (Å²) in [5, 5.41) is 6.97. The zero-order chi connectivity index (χ0) is 21.7. The Hall–Kier alpha value is -3.89. The van der Waals surface area contributed by atoms with Crippen molar-refractivity contribution in [1.82, 2.24) is 24.6 Å². The molecule has 0 radical (unpaired) electrons. The molecule has 4 aromatic rings. The van der Waals surface area contributed by atoms with Gasteiger partial charge in [-0.3, -0.25) is 4.79 Å². The van der Waals surface area contributed by atoms with Gasteiger partial charge in [0.15, 0.2) is 11.7 Å². The van der Waals surface area contributed by atoms with E-state index in [4.69, 9.17) is 4.42 Å². The Balaban J connectivity index is 1.44. The van der Waals surface area contributed by atoms with Gasteiger partial charge in [-0.05, 0) is 25.1 Å². The molecule has 9 nitrogen and oxygen atoms in total. The van der Waals surface area contributed by atoms with E-state index in [2.05, 4.69) is 25.4 Å². The summed E-state index contributed by atoms with van der Waals surface area (Å²) in [6, 6.07) is 4.08. The van der Waals surface area contributed by atoms with Gasteiger partial charge in [0, 0.05) is 12.6 Å². The van der Waals surface area contributed by atoms with E-state index < -0.39 is 17.9 Å². The second-order valence-electron chi connectivity index (χ2n) is 7.29. The second kappa shape index (κ2) is 7.11. The van der Waals surface area contributed by atoms with Crippen LogP contribution in [-0.4, -0.2) is 49.7 Å². The Morgan fingerprint density at radius 1 is 1.26 bits per heavy atom. The van der Waals surface area contributed by atoms with Crippen LogP contribution in [0.3, 0.4) is 0 Å². The highest BCUT2D eigenvalue weighted by atomic mass is 19.1. The van der Waals surface area contributed by atoms with Crippen LogP contribution in [-0.2, 0) is 0 Å². The summed E-state index contributed by atoms with van der Waals surface area (Å²) in [5.41, 5.74) is 1.61. The van der Waals surface area contributed by atoms with E-state index in [1.807, 2.05) is 4.90 Å². The minimum atomic E-state index is -0.848. The number of aromatic nitrogens is 5. The third kappa shape index (κ3) is 3.47. The normalized spacial score (nSPS) is 14.1. The third-order valence-electron chi connectivity index (χ3n) is 4.96. The van der Waals surface area contributed by atoms with Crippen LogP contribution in [0.5, 0.6) is 0 Å². The van der Waals surface area contributed by atoms with Gasteiger partial charge < -0.3 is 14.6 Å². The number of carbonyl (C=O) groups is 1. The SMILES string of the molecule is Cc1nc(C)c(C(=O)Nc2ccc(F)c(-c3nc4ncc(N5CC(F)C5)cn4n3)c2)o1. The van der Waals surface area contributed by atoms with E-state index in [9.17, 15) is 13.6 Å². The highest BCUT2D eigenvalue weighted by Gasteiger charge is 2.27. The summed E-state index contributed by atoms with van der Waals surface area (Å²) in [6.07, 6.45) is 2.40. The number of nitrogens with one attached hydrogen (secondary N) is 1. The maximum Gasteiger partial charge on any atom is 0.293 e. The molecular weight excluding hydrogens is 408 g/mol. The molecule has 5 rings (SSSR count). The molecule has 0 bridgehead atoms.